The second-order valence-electron chi connectivity index (χ2n) is 7.97. The van der Waals surface area contributed by atoms with E-state index in [9.17, 15) is 9.59 Å². The maximum atomic E-state index is 12.9. The van der Waals surface area contributed by atoms with Crippen molar-refractivity contribution in [2.75, 3.05) is 33.9 Å². The fourth-order valence-electron chi connectivity index (χ4n) is 3.69. The molecule has 1 aliphatic rings. The van der Waals surface area contributed by atoms with E-state index < -0.39 is 5.41 Å². The number of nitrogens with one attached hydrogen (secondary N) is 1. The van der Waals surface area contributed by atoms with Crippen LogP contribution in [0.1, 0.15) is 25.3 Å². The van der Waals surface area contributed by atoms with Gasteiger partial charge < -0.3 is 24.4 Å². The van der Waals surface area contributed by atoms with Crippen molar-refractivity contribution in [2.24, 2.45) is 5.41 Å². The normalized spacial score (nSPS) is 18.2. The smallest absolute Gasteiger partial charge is 0.260 e. The van der Waals surface area contributed by atoms with E-state index in [1.165, 1.54) is 0 Å². The lowest BCUT2D eigenvalue weighted by Gasteiger charge is -2.39. The first-order valence-electron chi connectivity index (χ1n) is 10.4. The van der Waals surface area contributed by atoms with Crippen molar-refractivity contribution in [1.29, 1.82) is 0 Å². The van der Waals surface area contributed by atoms with Crippen LogP contribution in [0.2, 0.25) is 0 Å². The summed E-state index contributed by atoms with van der Waals surface area (Å²) < 4.78 is 15.9. The molecule has 1 heterocycles. The first-order valence-corrected chi connectivity index (χ1v) is 10.4. The molecule has 166 valence electrons. The van der Waals surface area contributed by atoms with E-state index >= 15 is 0 Å². The molecule has 0 saturated carbocycles. The molecule has 1 N–H and O–H groups in total. The standard InChI is InChI=1S/C24H30N2O5/c1-24(23(28)25-15-18-5-7-19(29-2)8-6-18)13-4-14-26(17-24)22(27)16-31-21-11-9-20(30-3)10-12-21/h5-12H,4,13-17H2,1-3H3,(H,25,28)/t24-/m1/s1. The van der Waals surface area contributed by atoms with Gasteiger partial charge in [0.25, 0.3) is 5.91 Å². The Morgan fingerprint density at radius 1 is 0.968 bits per heavy atom. The van der Waals surface area contributed by atoms with E-state index in [1.54, 1.807) is 43.4 Å². The van der Waals surface area contributed by atoms with Crippen molar-refractivity contribution in [3.05, 3.63) is 54.1 Å². The molecule has 2 aromatic carbocycles. The number of methoxy groups -OCH3 is 2. The minimum absolute atomic E-state index is 0.0445. The van der Waals surface area contributed by atoms with Crippen LogP contribution in [0.5, 0.6) is 17.2 Å². The Kier molecular flexibility index (Phi) is 7.39. The van der Waals surface area contributed by atoms with E-state index in [2.05, 4.69) is 5.32 Å². The van der Waals surface area contributed by atoms with Gasteiger partial charge in [-0.25, -0.2) is 0 Å². The average Bonchev–Trinajstić information content (AvgIpc) is 2.81. The number of piperidine rings is 1. The third kappa shape index (κ3) is 5.90. The van der Waals surface area contributed by atoms with Crippen molar-refractivity contribution in [3.8, 4) is 17.2 Å². The Hall–Kier alpha value is -3.22. The molecule has 1 saturated heterocycles. The van der Waals surface area contributed by atoms with E-state index in [0.29, 0.717) is 25.4 Å². The molecule has 2 amide bonds. The van der Waals surface area contributed by atoms with Crippen molar-refractivity contribution in [3.63, 3.8) is 0 Å². The monoisotopic (exact) mass is 426 g/mol. The molecule has 0 bridgehead atoms. The Bertz CT molecular complexity index is 882. The summed E-state index contributed by atoms with van der Waals surface area (Å²) in [5.41, 5.74) is 0.370. The molecule has 1 atom stereocenters. The second kappa shape index (κ2) is 10.2. The van der Waals surface area contributed by atoms with Crippen LogP contribution in [0.25, 0.3) is 0 Å². The molecule has 0 aromatic heterocycles. The Balaban J connectivity index is 1.51. The van der Waals surface area contributed by atoms with Crippen molar-refractivity contribution in [1.82, 2.24) is 10.2 Å². The van der Waals surface area contributed by atoms with Gasteiger partial charge in [0.2, 0.25) is 5.91 Å². The molecule has 2 aromatic rings. The van der Waals surface area contributed by atoms with Crippen molar-refractivity contribution >= 4 is 11.8 Å². The fourth-order valence-corrected chi connectivity index (χ4v) is 3.69. The van der Waals surface area contributed by atoms with Gasteiger partial charge in [0.15, 0.2) is 6.61 Å². The van der Waals surface area contributed by atoms with Crippen molar-refractivity contribution in [2.45, 2.75) is 26.3 Å². The largest absolute Gasteiger partial charge is 0.497 e. The van der Waals surface area contributed by atoms with Gasteiger partial charge in [-0.05, 0) is 61.7 Å². The van der Waals surface area contributed by atoms with E-state index in [-0.39, 0.29) is 18.4 Å². The Labute approximate surface area is 183 Å². The predicted molar refractivity (Wildman–Crippen MR) is 117 cm³/mol. The lowest BCUT2D eigenvalue weighted by molar-refractivity contribution is -0.142. The number of carbonyl (C=O) groups excluding carboxylic acids is 2. The Morgan fingerprint density at radius 2 is 1.55 bits per heavy atom. The number of likely N-dealkylation sites (tertiary alicyclic amines) is 1. The number of ether oxygens (including phenoxy) is 3. The van der Waals surface area contributed by atoms with Crippen LogP contribution in [0.4, 0.5) is 0 Å². The summed E-state index contributed by atoms with van der Waals surface area (Å²) in [6, 6.07) is 14.7. The minimum Gasteiger partial charge on any atom is -0.497 e. The van der Waals surface area contributed by atoms with Gasteiger partial charge in [0.1, 0.15) is 17.2 Å². The summed E-state index contributed by atoms with van der Waals surface area (Å²) in [4.78, 5) is 27.3. The fraction of sp³-hybridized carbons (Fsp3) is 0.417. The molecule has 0 spiro atoms. The third-order valence-electron chi connectivity index (χ3n) is 5.63. The molecule has 1 aliphatic heterocycles. The topological polar surface area (TPSA) is 77.1 Å². The van der Waals surface area contributed by atoms with Gasteiger partial charge in [-0.1, -0.05) is 12.1 Å². The first kappa shape index (κ1) is 22.5. The molecule has 0 aliphatic carbocycles. The van der Waals surface area contributed by atoms with Gasteiger partial charge in [0.05, 0.1) is 19.6 Å². The summed E-state index contributed by atoms with van der Waals surface area (Å²) in [6.45, 7) is 3.31. The zero-order valence-corrected chi connectivity index (χ0v) is 18.3. The number of benzene rings is 2. The van der Waals surface area contributed by atoms with Gasteiger partial charge in [-0.2, -0.15) is 0 Å². The molecule has 7 heteroatoms. The predicted octanol–water partition coefficient (Wildman–Crippen LogP) is 3.03. The molecule has 1 fully saturated rings. The molecule has 0 unspecified atom stereocenters. The summed E-state index contributed by atoms with van der Waals surface area (Å²) in [5.74, 6) is 1.94. The molecule has 31 heavy (non-hydrogen) atoms. The molecular formula is C24H30N2O5. The lowest BCUT2D eigenvalue weighted by Crippen LogP contribution is -2.52. The summed E-state index contributed by atoms with van der Waals surface area (Å²) >= 11 is 0. The third-order valence-corrected chi connectivity index (χ3v) is 5.63. The number of carbonyl (C=O) groups is 2. The summed E-state index contributed by atoms with van der Waals surface area (Å²) in [6.07, 6.45) is 1.52. The van der Waals surface area contributed by atoms with Gasteiger partial charge in [0, 0.05) is 19.6 Å². The quantitative estimate of drug-likeness (QED) is 0.702. The first-order chi connectivity index (χ1) is 14.9. The van der Waals surface area contributed by atoms with Crippen LogP contribution in [-0.2, 0) is 16.1 Å². The van der Waals surface area contributed by atoms with Gasteiger partial charge in [-0.3, -0.25) is 9.59 Å². The highest BCUT2D eigenvalue weighted by Crippen LogP contribution is 2.30. The zero-order valence-electron chi connectivity index (χ0n) is 18.3. The molecular weight excluding hydrogens is 396 g/mol. The number of amides is 2. The van der Waals surface area contributed by atoms with E-state index in [4.69, 9.17) is 14.2 Å². The van der Waals surface area contributed by atoms with Crippen LogP contribution in [0.3, 0.4) is 0 Å². The number of hydrogen-bond acceptors (Lipinski definition) is 5. The van der Waals surface area contributed by atoms with Gasteiger partial charge in [-0.15, -0.1) is 0 Å². The summed E-state index contributed by atoms with van der Waals surface area (Å²) in [7, 11) is 3.22. The van der Waals surface area contributed by atoms with Crippen LogP contribution in [0.15, 0.2) is 48.5 Å². The number of rotatable bonds is 8. The maximum absolute atomic E-state index is 12.9. The van der Waals surface area contributed by atoms with E-state index in [0.717, 1.165) is 29.9 Å². The minimum atomic E-state index is -0.625. The highest BCUT2D eigenvalue weighted by atomic mass is 16.5. The van der Waals surface area contributed by atoms with Crippen molar-refractivity contribution < 1.29 is 23.8 Å². The zero-order chi connectivity index (χ0) is 22.3. The van der Waals surface area contributed by atoms with Crippen LogP contribution >= 0.6 is 0 Å². The average molecular weight is 427 g/mol. The number of nitrogens with zero attached hydrogens (tertiary/aromatic N) is 1. The summed E-state index contributed by atoms with van der Waals surface area (Å²) in [5, 5.41) is 3.01. The highest BCUT2D eigenvalue weighted by Gasteiger charge is 2.39. The Morgan fingerprint density at radius 3 is 2.16 bits per heavy atom. The molecule has 0 radical (unpaired) electrons. The lowest BCUT2D eigenvalue weighted by atomic mass is 9.81. The van der Waals surface area contributed by atoms with Crippen LogP contribution in [-0.4, -0.2) is 50.6 Å². The van der Waals surface area contributed by atoms with Crippen LogP contribution in [0, 0.1) is 5.41 Å². The second-order valence-corrected chi connectivity index (χ2v) is 7.97. The van der Waals surface area contributed by atoms with Gasteiger partial charge >= 0.3 is 0 Å². The SMILES string of the molecule is COc1ccc(CNC(=O)[C@]2(C)CCCN(C(=O)COc3ccc(OC)cc3)C2)cc1. The number of hydrogen-bond donors (Lipinski definition) is 1. The van der Waals surface area contributed by atoms with E-state index in [1.807, 2.05) is 31.2 Å². The highest BCUT2D eigenvalue weighted by molar-refractivity contribution is 5.84. The maximum Gasteiger partial charge on any atom is 0.260 e. The molecule has 3 rings (SSSR count). The van der Waals surface area contributed by atoms with Crippen LogP contribution < -0.4 is 19.5 Å². The molecule has 7 nitrogen and oxygen atoms in total.